The molecule has 0 fully saturated rings. The highest BCUT2D eigenvalue weighted by molar-refractivity contribution is 7.12. The lowest BCUT2D eigenvalue weighted by molar-refractivity contribution is -0.123. The van der Waals surface area contributed by atoms with E-state index in [2.05, 4.69) is 5.32 Å². The molecule has 1 aromatic heterocycles. The summed E-state index contributed by atoms with van der Waals surface area (Å²) in [7, 11) is 1.61. The maximum atomic E-state index is 12.1. The van der Waals surface area contributed by atoms with Gasteiger partial charge in [-0.25, -0.2) is 0 Å². The van der Waals surface area contributed by atoms with Crippen LogP contribution in [0.1, 0.15) is 36.9 Å². The molecule has 0 radical (unpaired) electrons. The summed E-state index contributed by atoms with van der Waals surface area (Å²) in [5.74, 6) is -0.370. The highest BCUT2D eigenvalue weighted by atomic mass is 32.1. The molecule has 1 aromatic rings. The van der Waals surface area contributed by atoms with E-state index in [1.54, 1.807) is 13.1 Å². The SMILES string of the molecule is CN(CC(=O)NC(CCO)C(C)(C)C)C(=O)c1cccs1. The number of carbonyl (C=O) groups excluding carboxylic acids is 2. The molecule has 0 spiro atoms. The van der Waals surface area contributed by atoms with E-state index in [1.807, 2.05) is 32.2 Å². The van der Waals surface area contributed by atoms with E-state index in [4.69, 9.17) is 5.11 Å². The van der Waals surface area contributed by atoms with Crippen molar-refractivity contribution in [3.8, 4) is 0 Å². The third kappa shape index (κ3) is 5.47. The predicted molar refractivity (Wildman–Crippen MR) is 84.4 cm³/mol. The molecule has 0 aliphatic rings. The number of amides is 2. The second-order valence-corrected chi connectivity index (χ2v) is 7.08. The fourth-order valence-electron chi connectivity index (χ4n) is 1.97. The van der Waals surface area contributed by atoms with Crippen molar-refractivity contribution in [2.45, 2.75) is 33.2 Å². The molecule has 1 unspecified atom stereocenters. The Bertz CT molecular complexity index is 466. The van der Waals surface area contributed by atoms with Crippen LogP contribution in [0.4, 0.5) is 0 Å². The molecule has 0 bridgehead atoms. The van der Waals surface area contributed by atoms with Crippen LogP contribution < -0.4 is 5.32 Å². The van der Waals surface area contributed by atoms with Crippen LogP contribution in [0.25, 0.3) is 0 Å². The summed E-state index contributed by atoms with van der Waals surface area (Å²) in [6.45, 7) is 6.05. The zero-order valence-corrected chi connectivity index (χ0v) is 13.9. The van der Waals surface area contributed by atoms with Crippen LogP contribution in [0.3, 0.4) is 0 Å². The minimum Gasteiger partial charge on any atom is -0.396 e. The van der Waals surface area contributed by atoms with Crippen LogP contribution in [0.15, 0.2) is 17.5 Å². The molecule has 0 aliphatic heterocycles. The number of hydrogen-bond donors (Lipinski definition) is 2. The van der Waals surface area contributed by atoms with Crippen molar-refractivity contribution in [1.82, 2.24) is 10.2 Å². The van der Waals surface area contributed by atoms with E-state index in [1.165, 1.54) is 16.2 Å². The summed E-state index contributed by atoms with van der Waals surface area (Å²) in [5.41, 5.74) is -0.144. The largest absolute Gasteiger partial charge is 0.396 e. The van der Waals surface area contributed by atoms with Crippen molar-refractivity contribution in [2.24, 2.45) is 5.41 Å². The van der Waals surface area contributed by atoms with Gasteiger partial charge in [-0.05, 0) is 23.3 Å². The van der Waals surface area contributed by atoms with Crippen LogP contribution in [-0.2, 0) is 4.79 Å². The first-order valence-electron chi connectivity index (χ1n) is 6.95. The molecule has 5 nitrogen and oxygen atoms in total. The Kier molecular flexibility index (Phi) is 6.36. The second-order valence-electron chi connectivity index (χ2n) is 6.14. The number of nitrogens with one attached hydrogen (secondary N) is 1. The summed E-state index contributed by atoms with van der Waals surface area (Å²) in [4.78, 5) is 26.2. The van der Waals surface area contributed by atoms with Gasteiger partial charge in [-0.3, -0.25) is 9.59 Å². The molecule has 0 aromatic carbocycles. The van der Waals surface area contributed by atoms with Crippen molar-refractivity contribution >= 4 is 23.2 Å². The Morgan fingerprint density at radius 3 is 2.57 bits per heavy atom. The molecule has 6 heteroatoms. The molecule has 2 amide bonds. The third-order valence-corrected chi connectivity index (χ3v) is 4.12. The van der Waals surface area contributed by atoms with Crippen molar-refractivity contribution in [3.63, 3.8) is 0 Å². The number of likely N-dealkylation sites (N-methyl/N-ethyl adjacent to an activating group) is 1. The molecule has 0 saturated heterocycles. The van der Waals surface area contributed by atoms with Gasteiger partial charge in [-0.1, -0.05) is 26.8 Å². The van der Waals surface area contributed by atoms with E-state index >= 15 is 0 Å². The standard InChI is InChI=1S/C15H24N2O3S/c1-15(2,3)12(7-8-18)16-13(19)10-17(4)14(20)11-6-5-9-21-11/h5-6,9,12,18H,7-8,10H2,1-4H3,(H,16,19). The van der Waals surface area contributed by atoms with Crippen molar-refractivity contribution in [3.05, 3.63) is 22.4 Å². The second kappa shape index (κ2) is 7.56. The van der Waals surface area contributed by atoms with Crippen LogP contribution in [0.2, 0.25) is 0 Å². The van der Waals surface area contributed by atoms with E-state index in [0.29, 0.717) is 11.3 Å². The first-order chi connectivity index (χ1) is 9.75. The van der Waals surface area contributed by atoms with E-state index in [0.717, 1.165) is 0 Å². The number of rotatable bonds is 6. The number of nitrogens with zero attached hydrogens (tertiary/aromatic N) is 1. The first kappa shape index (κ1) is 17.7. The predicted octanol–water partition coefficient (Wildman–Crippen LogP) is 1.73. The number of aliphatic hydroxyl groups excluding tert-OH is 1. The normalized spacial score (nSPS) is 12.8. The van der Waals surface area contributed by atoms with Crippen molar-refractivity contribution < 1.29 is 14.7 Å². The van der Waals surface area contributed by atoms with Crippen LogP contribution >= 0.6 is 11.3 Å². The fourth-order valence-corrected chi connectivity index (χ4v) is 2.68. The summed E-state index contributed by atoms with van der Waals surface area (Å²) in [5, 5.41) is 13.8. The Labute approximate surface area is 130 Å². The smallest absolute Gasteiger partial charge is 0.264 e. The Hall–Kier alpha value is -1.40. The first-order valence-corrected chi connectivity index (χ1v) is 7.83. The average molecular weight is 312 g/mol. The van der Waals surface area contributed by atoms with E-state index < -0.39 is 0 Å². The molecular weight excluding hydrogens is 288 g/mol. The molecule has 1 heterocycles. The topological polar surface area (TPSA) is 69.6 Å². The van der Waals surface area contributed by atoms with Gasteiger partial charge in [0.2, 0.25) is 5.91 Å². The minimum absolute atomic E-state index is 0.00867. The monoisotopic (exact) mass is 312 g/mol. The van der Waals surface area contributed by atoms with Gasteiger partial charge in [-0.15, -0.1) is 11.3 Å². The Morgan fingerprint density at radius 2 is 2.10 bits per heavy atom. The molecule has 0 saturated carbocycles. The highest BCUT2D eigenvalue weighted by Gasteiger charge is 2.26. The van der Waals surface area contributed by atoms with Gasteiger partial charge in [0, 0.05) is 19.7 Å². The number of thiophene rings is 1. The minimum atomic E-state index is -0.212. The average Bonchev–Trinajstić information content (AvgIpc) is 2.89. The fraction of sp³-hybridized carbons (Fsp3) is 0.600. The van der Waals surface area contributed by atoms with Crippen LogP contribution in [0.5, 0.6) is 0 Å². The lowest BCUT2D eigenvalue weighted by atomic mass is 9.85. The van der Waals surface area contributed by atoms with Gasteiger partial charge in [0.05, 0.1) is 11.4 Å². The van der Waals surface area contributed by atoms with Gasteiger partial charge >= 0.3 is 0 Å². The number of carbonyl (C=O) groups is 2. The summed E-state index contributed by atoms with van der Waals surface area (Å²) >= 11 is 1.36. The van der Waals surface area contributed by atoms with Gasteiger partial charge in [0.15, 0.2) is 0 Å². The summed E-state index contributed by atoms with van der Waals surface area (Å²) in [6.07, 6.45) is 0.498. The number of aliphatic hydroxyl groups is 1. The Balaban J connectivity index is 2.57. The van der Waals surface area contributed by atoms with Crippen molar-refractivity contribution in [1.29, 1.82) is 0 Å². The molecule has 1 rings (SSSR count). The van der Waals surface area contributed by atoms with Gasteiger partial charge in [0.25, 0.3) is 5.91 Å². The number of hydrogen-bond acceptors (Lipinski definition) is 4. The zero-order chi connectivity index (χ0) is 16.0. The zero-order valence-electron chi connectivity index (χ0n) is 13.0. The molecule has 1 atom stereocenters. The molecule has 118 valence electrons. The third-order valence-electron chi connectivity index (χ3n) is 3.26. The summed E-state index contributed by atoms with van der Waals surface area (Å²) in [6, 6.07) is 3.42. The van der Waals surface area contributed by atoms with E-state index in [9.17, 15) is 9.59 Å². The Morgan fingerprint density at radius 1 is 1.43 bits per heavy atom. The molecule has 21 heavy (non-hydrogen) atoms. The maximum Gasteiger partial charge on any atom is 0.264 e. The molecule has 0 aliphatic carbocycles. The van der Waals surface area contributed by atoms with Crippen molar-refractivity contribution in [2.75, 3.05) is 20.2 Å². The van der Waals surface area contributed by atoms with E-state index in [-0.39, 0.29) is 36.4 Å². The quantitative estimate of drug-likeness (QED) is 0.840. The van der Waals surface area contributed by atoms with Gasteiger partial charge in [0.1, 0.15) is 0 Å². The molecular formula is C15H24N2O3S. The molecule has 2 N–H and O–H groups in total. The van der Waals surface area contributed by atoms with Crippen LogP contribution in [0, 0.1) is 5.41 Å². The lowest BCUT2D eigenvalue weighted by Gasteiger charge is -2.31. The van der Waals surface area contributed by atoms with Crippen LogP contribution in [-0.4, -0.2) is 48.1 Å². The van der Waals surface area contributed by atoms with Gasteiger partial charge in [-0.2, -0.15) is 0 Å². The highest BCUT2D eigenvalue weighted by Crippen LogP contribution is 2.21. The maximum absolute atomic E-state index is 12.1. The van der Waals surface area contributed by atoms with Gasteiger partial charge < -0.3 is 15.3 Å². The summed E-state index contributed by atoms with van der Waals surface area (Å²) < 4.78 is 0. The lowest BCUT2D eigenvalue weighted by Crippen LogP contribution is -2.48.